The average Bonchev–Trinajstić information content (AvgIpc) is 2.81. The first-order valence-electron chi connectivity index (χ1n) is 6.37. The van der Waals surface area contributed by atoms with Crippen molar-refractivity contribution in [3.05, 3.63) is 11.7 Å². The molecule has 0 bridgehead atoms. The lowest BCUT2D eigenvalue weighted by molar-refractivity contribution is -0.0306. The van der Waals surface area contributed by atoms with Crippen molar-refractivity contribution in [3.8, 4) is 6.07 Å². The van der Waals surface area contributed by atoms with Crippen LogP contribution in [-0.2, 0) is 16.8 Å². The summed E-state index contributed by atoms with van der Waals surface area (Å²) < 4.78 is 10.8. The Hall–Kier alpha value is -1.41. The molecule has 0 aromatic carbocycles. The van der Waals surface area contributed by atoms with Crippen LogP contribution in [0.15, 0.2) is 4.52 Å². The van der Waals surface area contributed by atoms with Crippen LogP contribution in [0.4, 0.5) is 0 Å². The monoisotopic (exact) mass is 251 g/mol. The van der Waals surface area contributed by atoms with Crippen LogP contribution in [0.25, 0.3) is 0 Å². The van der Waals surface area contributed by atoms with E-state index < -0.39 is 5.60 Å². The van der Waals surface area contributed by atoms with E-state index >= 15 is 0 Å². The van der Waals surface area contributed by atoms with Crippen molar-refractivity contribution in [2.45, 2.75) is 52.1 Å². The molecule has 1 aromatic rings. The molecule has 5 nitrogen and oxygen atoms in total. The molecule has 5 heteroatoms. The zero-order valence-corrected chi connectivity index (χ0v) is 11.6. The Balaban J connectivity index is 2.82. The van der Waals surface area contributed by atoms with E-state index in [9.17, 15) is 0 Å². The Morgan fingerprint density at radius 1 is 1.44 bits per heavy atom. The van der Waals surface area contributed by atoms with Crippen molar-refractivity contribution in [3.63, 3.8) is 0 Å². The van der Waals surface area contributed by atoms with Crippen LogP contribution in [0.2, 0.25) is 0 Å². The lowest BCUT2D eigenvalue weighted by Gasteiger charge is -2.25. The van der Waals surface area contributed by atoms with E-state index in [1.54, 1.807) is 7.11 Å². The first-order valence-corrected chi connectivity index (χ1v) is 6.37. The van der Waals surface area contributed by atoms with Gasteiger partial charge in [0.1, 0.15) is 5.60 Å². The van der Waals surface area contributed by atoms with Crippen molar-refractivity contribution in [2.24, 2.45) is 5.92 Å². The maximum Gasteiger partial charge on any atom is 0.227 e. The molecule has 18 heavy (non-hydrogen) atoms. The van der Waals surface area contributed by atoms with Gasteiger partial charge >= 0.3 is 0 Å². The Kier molecular flexibility index (Phi) is 5.29. The highest BCUT2D eigenvalue weighted by Gasteiger charge is 2.33. The Labute approximate surface area is 108 Å². The molecule has 0 N–H and O–H groups in total. The maximum atomic E-state index is 8.63. The highest BCUT2D eigenvalue weighted by Crippen LogP contribution is 2.30. The average molecular weight is 251 g/mol. The largest absolute Gasteiger partial charge is 0.370 e. The lowest BCUT2D eigenvalue weighted by Crippen LogP contribution is -2.28. The number of aromatic nitrogens is 2. The molecular formula is C13H21N3O2. The number of hydrogen-bond donors (Lipinski definition) is 0. The van der Waals surface area contributed by atoms with Crippen LogP contribution < -0.4 is 0 Å². The van der Waals surface area contributed by atoms with Gasteiger partial charge in [0.05, 0.1) is 6.07 Å². The van der Waals surface area contributed by atoms with Gasteiger partial charge in [0.2, 0.25) is 11.7 Å². The molecule has 0 spiro atoms. The topological polar surface area (TPSA) is 71.9 Å². The van der Waals surface area contributed by atoms with Gasteiger partial charge in [-0.3, -0.25) is 0 Å². The summed E-state index contributed by atoms with van der Waals surface area (Å²) >= 11 is 0. The second-order valence-corrected chi connectivity index (χ2v) is 4.59. The summed E-state index contributed by atoms with van der Waals surface area (Å²) in [5.41, 5.74) is -0.458. The fourth-order valence-electron chi connectivity index (χ4n) is 2.00. The number of nitrogens with zero attached hydrogens (tertiary/aromatic N) is 3. The molecule has 0 aliphatic rings. The van der Waals surface area contributed by atoms with Crippen LogP contribution in [0, 0.1) is 17.2 Å². The van der Waals surface area contributed by atoms with Crippen LogP contribution in [0.3, 0.4) is 0 Å². The van der Waals surface area contributed by atoms with Gasteiger partial charge in [-0.1, -0.05) is 25.9 Å². The molecule has 1 aromatic heterocycles. The third-order valence-electron chi connectivity index (χ3n) is 3.37. The summed E-state index contributed by atoms with van der Waals surface area (Å²) in [6.45, 7) is 6.08. The van der Waals surface area contributed by atoms with Gasteiger partial charge in [-0.25, -0.2) is 0 Å². The Bertz CT molecular complexity index is 396. The number of methoxy groups -OCH3 is 1. The summed E-state index contributed by atoms with van der Waals surface area (Å²) in [5.74, 6) is 1.41. The Morgan fingerprint density at radius 2 is 2.11 bits per heavy atom. The molecular weight excluding hydrogens is 230 g/mol. The minimum Gasteiger partial charge on any atom is -0.370 e. The first kappa shape index (κ1) is 14.7. The molecule has 0 amide bonds. The first-order chi connectivity index (χ1) is 8.61. The van der Waals surface area contributed by atoms with Gasteiger partial charge < -0.3 is 9.26 Å². The predicted molar refractivity (Wildman–Crippen MR) is 66.7 cm³/mol. The van der Waals surface area contributed by atoms with E-state index in [0.717, 1.165) is 12.8 Å². The molecule has 0 saturated carbocycles. The summed E-state index contributed by atoms with van der Waals surface area (Å²) in [7, 11) is 1.67. The Morgan fingerprint density at radius 3 is 2.61 bits per heavy atom. The summed E-state index contributed by atoms with van der Waals surface area (Å²) in [5, 5.41) is 12.6. The number of hydrogen-bond acceptors (Lipinski definition) is 5. The summed E-state index contributed by atoms with van der Waals surface area (Å²) in [4.78, 5) is 4.41. The van der Waals surface area contributed by atoms with Gasteiger partial charge in [0, 0.05) is 20.0 Å². The maximum absolute atomic E-state index is 8.63. The molecule has 100 valence electrons. The van der Waals surface area contributed by atoms with Crippen LogP contribution in [0.1, 0.15) is 51.7 Å². The molecule has 1 rings (SSSR count). The third kappa shape index (κ3) is 3.08. The molecule has 0 radical (unpaired) electrons. The predicted octanol–water partition coefficient (Wildman–Crippen LogP) is 2.82. The second-order valence-electron chi connectivity index (χ2n) is 4.59. The van der Waals surface area contributed by atoms with Crippen molar-refractivity contribution in [2.75, 3.05) is 7.11 Å². The third-order valence-corrected chi connectivity index (χ3v) is 3.37. The van der Waals surface area contributed by atoms with E-state index in [2.05, 4.69) is 16.2 Å². The normalized spacial score (nSPS) is 13.3. The number of ether oxygens (including phenoxy) is 1. The van der Waals surface area contributed by atoms with Crippen molar-refractivity contribution in [1.29, 1.82) is 5.26 Å². The van der Waals surface area contributed by atoms with Crippen molar-refractivity contribution in [1.82, 2.24) is 10.1 Å². The summed E-state index contributed by atoms with van der Waals surface area (Å²) in [6, 6.07) is 2.14. The molecule has 0 aliphatic carbocycles. The standard InChI is InChI=1S/C13H21N3O2/c1-5-13(6-2,17-4)12-15-11(18-16-12)9-10(3)7-8-14/h10H,5-7,9H2,1-4H3. The van der Waals surface area contributed by atoms with Crippen LogP contribution in [-0.4, -0.2) is 17.3 Å². The smallest absolute Gasteiger partial charge is 0.227 e. The van der Waals surface area contributed by atoms with Crippen LogP contribution >= 0.6 is 0 Å². The molecule has 1 unspecified atom stereocenters. The quantitative estimate of drug-likeness (QED) is 0.745. The number of rotatable bonds is 7. The zero-order valence-electron chi connectivity index (χ0n) is 11.6. The van der Waals surface area contributed by atoms with Gasteiger partial charge in [0.15, 0.2) is 0 Å². The van der Waals surface area contributed by atoms with Gasteiger partial charge in [-0.15, -0.1) is 0 Å². The minimum atomic E-state index is -0.458. The van der Waals surface area contributed by atoms with E-state index in [4.69, 9.17) is 14.5 Å². The highest BCUT2D eigenvalue weighted by molar-refractivity contribution is 5.01. The minimum absolute atomic E-state index is 0.225. The molecule has 1 atom stereocenters. The van der Waals surface area contributed by atoms with Gasteiger partial charge in [-0.05, 0) is 18.8 Å². The molecule has 1 heterocycles. The highest BCUT2D eigenvalue weighted by atomic mass is 16.5. The molecule has 0 aliphatic heterocycles. The van der Waals surface area contributed by atoms with Crippen molar-refractivity contribution >= 4 is 0 Å². The zero-order chi connectivity index (χ0) is 13.6. The summed E-state index contributed by atoms with van der Waals surface area (Å²) in [6.07, 6.45) is 2.72. The number of nitriles is 1. The van der Waals surface area contributed by atoms with E-state index in [1.165, 1.54) is 0 Å². The van der Waals surface area contributed by atoms with Gasteiger partial charge in [-0.2, -0.15) is 10.2 Å². The van der Waals surface area contributed by atoms with Crippen LogP contribution in [0.5, 0.6) is 0 Å². The van der Waals surface area contributed by atoms with Crippen molar-refractivity contribution < 1.29 is 9.26 Å². The van der Waals surface area contributed by atoms with E-state index in [1.807, 2.05) is 20.8 Å². The fourth-order valence-corrected chi connectivity index (χ4v) is 2.00. The second kappa shape index (κ2) is 6.50. The molecule has 0 fully saturated rings. The molecule has 0 saturated heterocycles. The fraction of sp³-hybridized carbons (Fsp3) is 0.769. The SMILES string of the molecule is CCC(CC)(OC)c1noc(CC(C)CC#N)n1. The van der Waals surface area contributed by atoms with Gasteiger partial charge in [0.25, 0.3) is 0 Å². The van der Waals surface area contributed by atoms with E-state index in [-0.39, 0.29) is 5.92 Å². The van der Waals surface area contributed by atoms with E-state index in [0.29, 0.717) is 24.6 Å². The lowest BCUT2D eigenvalue weighted by atomic mass is 9.96.